The highest BCUT2D eigenvalue weighted by atomic mass is 19.1. The third kappa shape index (κ3) is 3.43. The second kappa shape index (κ2) is 6.95. The minimum absolute atomic E-state index is 0.00517. The summed E-state index contributed by atoms with van der Waals surface area (Å²) < 4.78 is 18.3. The quantitative estimate of drug-likeness (QED) is 0.497. The molecular formula is C16H16FN3O4. The number of nitrogens with two attached hydrogens (primary N) is 1. The minimum atomic E-state index is -0.685. The van der Waals surface area contributed by atoms with Crippen molar-refractivity contribution in [1.82, 2.24) is 5.32 Å². The molecule has 2 aromatic carbocycles. The molecule has 0 fully saturated rings. The number of nitrogens with one attached hydrogen (secondary N) is 1. The Morgan fingerprint density at radius 2 is 2.08 bits per heavy atom. The molecule has 0 spiro atoms. The van der Waals surface area contributed by atoms with Crippen molar-refractivity contribution in [1.29, 1.82) is 0 Å². The maximum absolute atomic E-state index is 13.5. The maximum atomic E-state index is 13.5. The number of ether oxygens (including phenoxy) is 1. The van der Waals surface area contributed by atoms with E-state index < -0.39 is 22.7 Å². The van der Waals surface area contributed by atoms with Gasteiger partial charge in [-0.05, 0) is 30.7 Å². The van der Waals surface area contributed by atoms with Crippen molar-refractivity contribution in [2.75, 3.05) is 12.8 Å². The molecule has 1 unspecified atom stereocenters. The van der Waals surface area contributed by atoms with E-state index in [4.69, 9.17) is 10.5 Å². The van der Waals surface area contributed by atoms with Crippen LogP contribution in [0.4, 0.5) is 15.8 Å². The molecule has 0 aliphatic rings. The van der Waals surface area contributed by atoms with Crippen molar-refractivity contribution in [2.45, 2.75) is 13.0 Å². The van der Waals surface area contributed by atoms with Crippen molar-refractivity contribution in [3.8, 4) is 5.75 Å². The fourth-order valence-corrected chi connectivity index (χ4v) is 2.25. The van der Waals surface area contributed by atoms with Crippen molar-refractivity contribution < 1.29 is 18.8 Å². The van der Waals surface area contributed by atoms with Crippen LogP contribution in [0.1, 0.15) is 28.9 Å². The number of anilines is 1. The molecule has 0 heterocycles. The van der Waals surface area contributed by atoms with E-state index in [2.05, 4.69) is 5.32 Å². The number of amides is 1. The molecule has 0 saturated heterocycles. The lowest BCUT2D eigenvalue weighted by Gasteiger charge is -2.16. The molecule has 2 aromatic rings. The number of nitrogen functional groups attached to an aromatic ring is 1. The van der Waals surface area contributed by atoms with Gasteiger partial charge in [0.05, 0.1) is 23.8 Å². The van der Waals surface area contributed by atoms with Gasteiger partial charge in [0.15, 0.2) is 11.6 Å². The van der Waals surface area contributed by atoms with Crippen molar-refractivity contribution in [3.05, 3.63) is 63.5 Å². The topological polar surface area (TPSA) is 107 Å². The fourth-order valence-electron chi connectivity index (χ4n) is 2.25. The van der Waals surface area contributed by atoms with Crippen LogP contribution >= 0.6 is 0 Å². The van der Waals surface area contributed by atoms with Crippen LogP contribution in [0.15, 0.2) is 36.4 Å². The van der Waals surface area contributed by atoms with Crippen LogP contribution in [0.2, 0.25) is 0 Å². The van der Waals surface area contributed by atoms with E-state index in [-0.39, 0.29) is 22.7 Å². The Hall–Kier alpha value is -3.16. The number of hydrogen-bond acceptors (Lipinski definition) is 5. The Morgan fingerprint density at radius 1 is 1.38 bits per heavy atom. The summed E-state index contributed by atoms with van der Waals surface area (Å²) >= 11 is 0. The molecular weight excluding hydrogens is 317 g/mol. The third-order valence-electron chi connectivity index (χ3n) is 3.52. The Kier molecular flexibility index (Phi) is 4.98. The number of nitrogens with zero attached hydrogens (tertiary/aromatic N) is 1. The number of nitro groups is 1. The molecule has 0 aromatic heterocycles. The van der Waals surface area contributed by atoms with Gasteiger partial charge in [-0.3, -0.25) is 14.9 Å². The smallest absolute Gasteiger partial charge is 0.284 e. The summed E-state index contributed by atoms with van der Waals surface area (Å²) in [6.45, 7) is 1.66. The summed E-state index contributed by atoms with van der Waals surface area (Å²) in [7, 11) is 1.33. The molecule has 126 valence electrons. The molecule has 7 nitrogen and oxygen atoms in total. The number of nitro benzene ring substituents is 1. The summed E-state index contributed by atoms with van der Waals surface area (Å²) in [6.07, 6.45) is 0. The number of rotatable bonds is 5. The molecule has 0 aliphatic carbocycles. The van der Waals surface area contributed by atoms with Crippen LogP contribution in [-0.4, -0.2) is 17.9 Å². The van der Waals surface area contributed by atoms with Gasteiger partial charge in [0.25, 0.3) is 11.6 Å². The van der Waals surface area contributed by atoms with E-state index in [1.54, 1.807) is 6.92 Å². The maximum Gasteiger partial charge on any atom is 0.284 e. The lowest BCUT2D eigenvalue weighted by Crippen LogP contribution is -2.28. The molecule has 0 radical (unpaired) electrons. The average Bonchev–Trinajstić information content (AvgIpc) is 2.54. The first kappa shape index (κ1) is 17.2. The van der Waals surface area contributed by atoms with Crippen molar-refractivity contribution in [3.63, 3.8) is 0 Å². The standard InChI is InChI=1S/C16H16FN3O4/c1-9(10-6-7-11(17)14(8-10)24-2)19-16(21)15-12(18)4-3-5-13(15)20(22)23/h3-9H,18H2,1-2H3,(H,19,21). The summed E-state index contributed by atoms with van der Waals surface area (Å²) in [5, 5.41) is 13.7. The molecule has 0 saturated carbocycles. The number of benzene rings is 2. The van der Waals surface area contributed by atoms with Crippen LogP contribution < -0.4 is 15.8 Å². The minimum Gasteiger partial charge on any atom is -0.494 e. The summed E-state index contributed by atoms with van der Waals surface area (Å²) in [5.74, 6) is -1.17. The second-order valence-corrected chi connectivity index (χ2v) is 5.09. The summed E-state index contributed by atoms with van der Waals surface area (Å²) in [5.41, 5.74) is 5.71. The van der Waals surface area contributed by atoms with E-state index in [0.29, 0.717) is 5.56 Å². The van der Waals surface area contributed by atoms with Gasteiger partial charge in [0.2, 0.25) is 0 Å². The van der Waals surface area contributed by atoms with Crippen LogP contribution in [0, 0.1) is 15.9 Å². The number of carbonyl (C=O) groups excluding carboxylic acids is 1. The highest BCUT2D eigenvalue weighted by Gasteiger charge is 2.24. The predicted octanol–water partition coefficient (Wildman–Crippen LogP) is 2.82. The Bertz CT molecular complexity index is 795. The van der Waals surface area contributed by atoms with Gasteiger partial charge in [0.1, 0.15) is 5.56 Å². The monoisotopic (exact) mass is 333 g/mol. The van der Waals surface area contributed by atoms with Gasteiger partial charge in [-0.15, -0.1) is 0 Å². The number of hydrogen-bond donors (Lipinski definition) is 2. The first-order valence-electron chi connectivity index (χ1n) is 7.02. The fraction of sp³-hybridized carbons (Fsp3) is 0.188. The molecule has 0 bridgehead atoms. The second-order valence-electron chi connectivity index (χ2n) is 5.09. The Balaban J connectivity index is 2.29. The SMILES string of the molecule is COc1cc(C(C)NC(=O)c2c(N)cccc2[N+](=O)[O-])ccc1F. The van der Waals surface area contributed by atoms with Crippen LogP contribution in [-0.2, 0) is 0 Å². The number of carbonyl (C=O) groups is 1. The van der Waals surface area contributed by atoms with E-state index in [1.807, 2.05) is 0 Å². The van der Waals surface area contributed by atoms with E-state index in [9.17, 15) is 19.3 Å². The van der Waals surface area contributed by atoms with E-state index >= 15 is 0 Å². The zero-order valence-electron chi connectivity index (χ0n) is 13.1. The lowest BCUT2D eigenvalue weighted by atomic mass is 10.1. The number of methoxy groups -OCH3 is 1. The van der Waals surface area contributed by atoms with Crippen LogP contribution in [0.25, 0.3) is 0 Å². The summed E-state index contributed by atoms with van der Waals surface area (Å²) in [4.78, 5) is 22.8. The van der Waals surface area contributed by atoms with Crippen LogP contribution in [0.5, 0.6) is 5.75 Å². The van der Waals surface area contributed by atoms with Crippen molar-refractivity contribution in [2.24, 2.45) is 0 Å². The third-order valence-corrected chi connectivity index (χ3v) is 3.52. The number of halogens is 1. The lowest BCUT2D eigenvalue weighted by molar-refractivity contribution is -0.385. The van der Waals surface area contributed by atoms with Crippen LogP contribution in [0.3, 0.4) is 0 Å². The largest absolute Gasteiger partial charge is 0.494 e. The first-order valence-corrected chi connectivity index (χ1v) is 7.02. The Labute approximate surface area is 137 Å². The van der Waals surface area contributed by atoms with Gasteiger partial charge < -0.3 is 15.8 Å². The zero-order valence-corrected chi connectivity index (χ0v) is 13.1. The van der Waals surface area contributed by atoms with Crippen molar-refractivity contribution >= 4 is 17.3 Å². The first-order chi connectivity index (χ1) is 11.3. The normalized spacial score (nSPS) is 11.6. The van der Waals surface area contributed by atoms with E-state index in [1.165, 1.54) is 43.5 Å². The molecule has 2 rings (SSSR count). The Morgan fingerprint density at radius 3 is 2.71 bits per heavy atom. The van der Waals surface area contributed by atoms with Gasteiger partial charge in [-0.2, -0.15) is 0 Å². The van der Waals surface area contributed by atoms with E-state index in [0.717, 1.165) is 0 Å². The van der Waals surface area contributed by atoms with Gasteiger partial charge >= 0.3 is 0 Å². The molecule has 24 heavy (non-hydrogen) atoms. The van der Waals surface area contributed by atoms with Gasteiger partial charge in [-0.1, -0.05) is 12.1 Å². The zero-order chi connectivity index (χ0) is 17.9. The molecule has 1 atom stereocenters. The van der Waals surface area contributed by atoms with Gasteiger partial charge in [-0.25, -0.2) is 4.39 Å². The highest BCUT2D eigenvalue weighted by molar-refractivity contribution is 6.03. The predicted molar refractivity (Wildman–Crippen MR) is 86.3 cm³/mol. The van der Waals surface area contributed by atoms with Gasteiger partial charge in [0, 0.05) is 6.07 Å². The highest BCUT2D eigenvalue weighted by Crippen LogP contribution is 2.26. The molecule has 0 aliphatic heterocycles. The molecule has 1 amide bonds. The summed E-state index contributed by atoms with van der Waals surface area (Å²) in [6, 6.07) is 7.64. The molecule has 8 heteroatoms. The molecule has 3 N–H and O–H groups in total. The average molecular weight is 333 g/mol.